The van der Waals surface area contributed by atoms with Crippen molar-refractivity contribution in [2.45, 2.75) is 0 Å². The molecule has 0 saturated heterocycles. The number of sulfonamides is 1. The fourth-order valence-corrected chi connectivity index (χ4v) is 0.490. The minimum absolute atomic E-state index is 0.972. The van der Waals surface area contributed by atoms with Gasteiger partial charge in [0, 0.05) is 13.2 Å². The van der Waals surface area contributed by atoms with Gasteiger partial charge in [-0.3, -0.25) is 0 Å². The van der Waals surface area contributed by atoms with Crippen molar-refractivity contribution >= 4 is 10.0 Å². The van der Waals surface area contributed by atoms with Crippen molar-refractivity contribution in [3.05, 3.63) is 12.8 Å². The van der Waals surface area contributed by atoms with E-state index >= 15 is 0 Å². The molecule has 0 unspecified atom stereocenters. The van der Waals surface area contributed by atoms with Crippen molar-refractivity contribution in [1.29, 1.82) is 0 Å². The van der Waals surface area contributed by atoms with Gasteiger partial charge in [-0.1, -0.05) is 6.58 Å². The quantitative estimate of drug-likeness (QED) is 0.553. The first kappa shape index (κ1) is 8.45. The van der Waals surface area contributed by atoms with Crippen LogP contribution in [0, 0.1) is 0 Å². The second-order valence-electron chi connectivity index (χ2n) is 1.56. The van der Waals surface area contributed by atoms with Gasteiger partial charge in [0.1, 0.15) is 0 Å². The lowest BCUT2D eigenvalue weighted by atomic mass is 11.1. The molecule has 0 saturated carbocycles. The molecule has 0 atom stereocenters. The van der Waals surface area contributed by atoms with Gasteiger partial charge in [0.25, 0.3) is 0 Å². The van der Waals surface area contributed by atoms with Crippen molar-refractivity contribution in [3.8, 4) is 0 Å². The van der Waals surface area contributed by atoms with Crippen LogP contribution in [0.5, 0.6) is 0 Å². The molecule has 4 nitrogen and oxygen atoms in total. The van der Waals surface area contributed by atoms with E-state index in [1.54, 1.807) is 0 Å². The van der Waals surface area contributed by atoms with Gasteiger partial charge in [0.05, 0.1) is 6.26 Å². The van der Waals surface area contributed by atoms with Gasteiger partial charge in [-0.25, -0.2) is 8.42 Å². The van der Waals surface area contributed by atoms with Crippen LogP contribution in [0.25, 0.3) is 0 Å². The Bertz CT molecular complexity index is 185. The zero-order valence-electron chi connectivity index (χ0n) is 5.46. The Morgan fingerprint density at radius 1 is 1.67 bits per heavy atom. The van der Waals surface area contributed by atoms with Gasteiger partial charge in [0.15, 0.2) is 0 Å². The van der Waals surface area contributed by atoms with Gasteiger partial charge >= 0.3 is 0 Å². The van der Waals surface area contributed by atoms with E-state index in [1.165, 1.54) is 13.2 Å². The molecule has 0 aliphatic rings. The third-order valence-electron chi connectivity index (χ3n) is 0.771. The molecule has 54 valence electrons. The zero-order valence-corrected chi connectivity index (χ0v) is 6.27. The van der Waals surface area contributed by atoms with Gasteiger partial charge in [-0.05, 0) is 0 Å². The molecule has 0 amide bonds. The molecule has 5 heteroatoms. The Morgan fingerprint density at radius 3 is 2.22 bits per heavy atom. The lowest BCUT2D eigenvalue weighted by Crippen LogP contribution is -2.34. The van der Waals surface area contributed by atoms with Gasteiger partial charge in [-0.2, -0.15) is 0 Å². The lowest BCUT2D eigenvalue weighted by Gasteiger charge is -2.11. The average molecular weight is 150 g/mol. The summed E-state index contributed by atoms with van der Waals surface area (Å²) in [4.78, 5) is 0. The van der Waals surface area contributed by atoms with E-state index in [9.17, 15) is 8.42 Å². The molecule has 9 heavy (non-hydrogen) atoms. The molecule has 0 radical (unpaired) electrons. The minimum Gasteiger partial charge on any atom is -0.314 e. The minimum atomic E-state index is -3.11. The maximum Gasteiger partial charge on any atom is 0.227 e. The van der Waals surface area contributed by atoms with E-state index in [4.69, 9.17) is 0 Å². The van der Waals surface area contributed by atoms with Crippen LogP contribution in [-0.2, 0) is 10.0 Å². The molecule has 0 aliphatic carbocycles. The highest BCUT2D eigenvalue weighted by Gasteiger charge is 2.06. The third-order valence-corrected chi connectivity index (χ3v) is 1.87. The lowest BCUT2D eigenvalue weighted by molar-refractivity contribution is 0.426. The smallest absolute Gasteiger partial charge is 0.227 e. The summed E-state index contributed by atoms with van der Waals surface area (Å²) < 4.78 is 22.0. The monoisotopic (exact) mass is 150 g/mol. The molecule has 0 aliphatic heterocycles. The molecule has 1 N–H and O–H groups in total. The first-order valence-corrected chi connectivity index (χ1v) is 4.14. The largest absolute Gasteiger partial charge is 0.314 e. The van der Waals surface area contributed by atoms with Crippen LogP contribution >= 0.6 is 0 Å². The molecule has 0 heterocycles. The van der Waals surface area contributed by atoms with Crippen molar-refractivity contribution in [2.24, 2.45) is 0 Å². The second kappa shape index (κ2) is 2.84. The number of hydrazine groups is 1. The molecule has 0 rings (SSSR count). The highest BCUT2D eigenvalue weighted by atomic mass is 32.2. The van der Waals surface area contributed by atoms with E-state index in [0.29, 0.717) is 0 Å². The molecule has 0 aromatic heterocycles. The third kappa shape index (κ3) is 3.10. The van der Waals surface area contributed by atoms with Crippen molar-refractivity contribution in [1.82, 2.24) is 9.84 Å². The van der Waals surface area contributed by atoms with Crippen LogP contribution in [0.1, 0.15) is 0 Å². The highest BCUT2D eigenvalue weighted by Crippen LogP contribution is 1.84. The summed E-state index contributed by atoms with van der Waals surface area (Å²) in [6.07, 6.45) is 2.39. The van der Waals surface area contributed by atoms with Crippen molar-refractivity contribution < 1.29 is 8.42 Å². The van der Waals surface area contributed by atoms with E-state index in [1.807, 2.05) is 0 Å². The molecule has 0 aromatic rings. The molecule has 0 fully saturated rings. The zero-order chi connectivity index (χ0) is 7.49. The van der Waals surface area contributed by atoms with E-state index in [0.717, 1.165) is 10.7 Å². The molecular weight excluding hydrogens is 140 g/mol. The first-order chi connectivity index (χ1) is 3.98. The highest BCUT2D eigenvalue weighted by molar-refractivity contribution is 7.88. The Morgan fingerprint density at radius 2 is 2.11 bits per heavy atom. The first-order valence-electron chi connectivity index (χ1n) is 2.29. The normalized spacial score (nSPS) is 11.4. The standard InChI is InChI=1S/C4H10N2O2S/c1-4-5-6(2)9(3,7)8/h4-5H,1H2,2-3H3. The number of hydrogen-bond acceptors (Lipinski definition) is 3. The second-order valence-corrected chi connectivity index (χ2v) is 3.58. The summed E-state index contributed by atoms with van der Waals surface area (Å²) in [6, 6.07) is 0. The van der Waals surface area contributed by atoms with E-state index in [-0.39, 0.29) is 0 Å². The number of hydrogen-bond donors (Lipinski definition) is 1. The summed E-state index contributed by atoms with van der Waals surface area (Å²) in [5.41, 5.74) is 2.39. The molecule has 0 aromatic carbocycles. The Labute approximate surface area is 55.2 Å². The summed E-state index contributed by atoms with van der Waals surface area (Å²) in [5.74, 6) is 0. The summed E-state index contributed by atoms with van der Waals surface area (Å²) in [6.45, 7) is 3.30. The van der Waals surface area contributed by atoms with Gasteiger partial charge in [0.2, 0.25) is 10.0 Å². The summed E-state index contributed by atoms with van der Waals surface area (Å²) >= 11 is 0. The Kier molecular flexibility index (Phi) is 2.66. The topological polar surface area (TPSA) is 49.4 Å². The molecule has 0 bridgehead atoms. The number of nitrogens with zero attached hydrogens (tertiary/aromatic N) is 1. The van der Waals surface area contributed by atoms with E-state index in [2.05, 4.69) is 12.0 Å². The van der Waals surface area contributed by atoms with Crippen LogP contribution in [0.15, 0.2) is 12.8 Å². The van der Waals surface area contributed by atoms with Crippen LogP contribution in [0.2, 0.25) is 0 Å². The van der Waals surface area contributed by atoms with E-state index < -0.39 is 10.0 Å². The maximum atomic E-state index is 10.5. The Hall–Kier alpha value is -0.550. The number of nitrogens with one attached hydrogen (secondary N) is 1. The Balaban J connectivity index is 4.05. The van der Waals surface area contributed by atoms with Crippen LogP contribution in [0.3, 0.4) is 0 Å². The van der Waals surface area contributed by atoms with Crippen LogP contribution < -0.4 is 5.43 Å². The van der Waals surface area contributed by atoms with Gasteiger partial charge < -0.3 is 5.43 Å². The van der Waals surface area contributed by atoms with Crippen molar-refractivity contribution in [2.75, 3.05) is 13.3 Å². The number of rotatable bonds is 3. The van der Waals surface area contributed by atoms with Crippen LogP contribution in [0.4, 0.5) is 0 Å². The predicted molar refractivity (Wildman–Crippen MR) is 35.9 cm³/mol. The molecule has 0 spiro atoms. The van der Waals surface area contributed by atoms with Crippen molar-refractivity contribution in [3.63, 3.8) is 0 Å². The SMILES string of the molecule is C=CNN(C)S(C)(=O)=O. The summed E-state index contributed by atoms with van der Waals surface area (Å²) in [5, 5.41) is 0. The predicted octanol–water partition coefficient (Wildman–Crippen LogP) is -0.474. The summed E-state index contributed by atoms with van der Waals surface area (Å²) in [7, 11) is -1.71. The maximum absolute atomic E-state index is 10.5. The average Bonchev–Trinajstić information content (AvgIpc) is 1.64. The van der Waals surface area contributed by atoms with Gasteiger partial charge in [-0.15, -0.1) is 4.41 Å². The fraction of sp³-hybridized carbons (Fsp3) is 0.500. The van der Waals surface area contributed by atoms with Crippen LogP contribution in [-0.4, -0.2) is 26.1 Å². The fourth-order valence-electron chi connectivity index (χ4n) is 0.224. The molecular formula is C4H10N2O2S.